The normalized spacial score (nSPS) is 17.1. The number of aromatic nitrogens is 1. The van der Waals surface area contributed by atoms with Crippen molar-refractivity contribution in [3.05, 3.63) is 29.1 Å². The molecular formula is C12H18N2. The summed E-state index contributed by atoms with van der Waals surface area (Å²) in [4.78, 5) is 6.99. The predicted octanol–water partition coefficient (Wildman–Crippen LogP) is 2.16. The van der Waals surface area contributed by atoms with Crippen LogP contribution in [0.3, 0.4) is 0 Å². The van der Waals surface area contributed by atoms with Gasteiger partial charge < -0.3 is 0 Å². The molecular weight excluding hydrogens is 172 g/mol. The Morgan fingerprint density at radius 1 is 1.43 bits per heavy atom. The average molecular weight is 190 g/mol. The Labute approximate surface area is 86.0 Å². The molecule has 0 radical (unpaired) electrons. The molecule has 1 aliphatic rings. The van der Waals surface area contributed by atoms with Crippen molar-refractivity contribution in [3.8, 4) is 0 Å². The first-order chi connectivity index (χ1) is 6.66. The van der Waals surface area contributed by atoms with Crippen LogP contribution in [0.15, 0.2) is 12.3 Å². The minimum Gasteiger partial charge on any atom is -0.295 e. The van der Waals surface area contributed by atoms with Crippen molar-refractivity contribution in [2.75, 3.05) is 6.54 Å². The molecule has 2 nitrogen and oxygen atoms in total. The van der Waals surface area contributed by atoms with E-state index in [1.807, 2.05) is 6.20 Å². The van der Waals surface area contributed by atoms with Gasteiger partial charge in [0.25, 0.3) is 0 Å². The summed E-state index contributed by atoms with van der Waals surface area (Å²) in [6.45, 7) is 8.81. The van der Waals surface area contributed by atoms with Gasteiger partial charge in [-0.25, -0.2) is 0 Å². The van der Waals surface area contributed by atoms with Gasteiger partial charge in [-0.2, -0.15) is 0 Å². The summed E-state index contributed by atoms with van der Waals surface area (Å²) in [7, 11) is 0. The second kappa shape index (κ2) is 3.70. The van der Waals surface area contributed by atoms with Crippen LogP contribution in [0.1, 0.15) is 30.7 Å². The molecule has 0 N–H and O–H groups in total. The van der Waals surface area contributed by atoms with Crippen molar-refractivity contribution in [1.82, 2.24) is 9.88 Å². The summed E-state index contributed by atoms with van der Waals surface area (Å²) < 4.78 is 0. The molecule has 2 heteroatoms. The van der Waals surface area contributed by atoms with Gasteiger partial charge in [0.2, 0.25) is 0 Å². The zero-order valence-electron chi connectivity index (χ0n) is 9.25. The predicted molar refractivity (Wildman–Crippen MR) is 58.2 cm³/mol. The van der Waals surface area contributed by atoms with Crippen LogP contribution in [0.4, 0.5) is 0 Å². The number of rotatable bonds is 1. The van der Waals surface area contributed by atoms with Gasteiger partial charge in [0.05, 0.1) is 5.69 Å². The Balaban J connectivity index is 2.23. The van der Waals surface area contributed by atoms with E-state index in [1.165, 1.54) is 23.4 Å². The number of pyridine rings is 1. The number of hydrogen-bond acceptors (Lipinski definition) is 2. The summed E-state index contributed by atoms with van der Waals surface area (Å²) >= 11 is 0. The first kappa shape index (κ1) is 9.66. The molecule has 0 spiro atoms. The average Bonchev–Trinajstić information content (AvgIpc) is 2.16. The van der Waals surface area contributed by atoms with Gasteiger partial charge in [0.1, 0.15) is 0 Å². The number of fused-ring (bicyclic) bond motifs is 1. The van der Waals surface area contributed by atoms with Crippen molar-refractivity contribution in [2.24, 2.45) is 0 Å². The van der Waals surface area contributed by atoms with E-state index >= 15 is 0 Å². The smallest absolute Gasteiger partial charge is 0.0576 e. The Hall–Kier alpha value is -0.890. The van der Waals surface area contributed by atoms with E-state index in [0.29, 0.717) is 6.04 Å². The van der Waals surface area contributed by atoms with Crippen molar-refractivity contribution < 1.29 is 0 Å². The van der Waals surface area contributed by atoms with Crippen LogP contribution >= 0.6 is 0 Å². The lowest BCUT2D eigenvalue weighted by Gasteiger charge is -2.31. The maximum absolute atomic E-state index is 4.51. The lowest BCUT2D eigenvalue weighted by atomic mass is 10.0. The van der Waals surface area contributed by atoms with Crippen LogP contribution in [0.25, 0.3) is 0 Å². The van der Waals surface area contributed by atoms with Crippen LogP contribution < -0.4 is 0 Å². The lowest BCUT2D eigenvalue weighted by Crippen LogP contribution is -2.36. The molecule has 0 fully saturated rings. The second-order valence-corrected chi connectivity index (χ2v) is 4.43. The van der Waals surface area contributed by atoms with E-state index in [2.05, 4.69) is 36.7 Å². The third-order valence-electron chi connectivity index (χ3n) is 2.95. The van der Waals surface area contributed by atoms with Gasteiger partial charge in [-0.1, -0.05) is 6.07 Å². The summed E-state index contributed by atoms with van der Waals surface area (Å²) in [6, 6.07) is 2.91. The Morgan fingerprint density at radius 2 is 2.21 bits per heavy atom. The van der Waals surface area contributed by atoms with Crippen LogP contribution in [-0.4, -0.2) is 22.5 Å². The minimum atomic E-state index is 0.631. The zero-order valence-corrected chi connectivity index (χ0v) is 9.25. The van der Waals surface area contributed by atoms with Crippen LogP contribution in [0.2, 0.25) is 0 Å². The van der Waals surface area contributed by atoms with Gasteiger partial charge in [-0.05, 0) is 38.3 Å². The molecule has 76 valence electrons. The van der Waals surface area contributed by atoms with Crippen LogP contribution in [0, 0.1) is 6.92 Å². The van der Waals surface area contributed by atoms with Crippen molar-refractivity contribution >= 4 is 0 Å². The molecule has 0 unspecified atom stereocenters. The quantitative estimate of drug-likeness (QED) is 0.674. The van der Waals surface area contributed by atoms with Crippen molar-refractivity contribution in [3.63, 3.8) is 0 Å². The third kappa shape index (κ3) is 1.80. The fourth-order valence-corrected chi connectivity index (χ4v) is 1.99. The van der Waals surface area contributed by atoms with Gasteiger partial charge in [0.15, 0.2) is 0 Å². The Kier molecular flexibility index (Phi) is 2.55. The third-order valence-corrected chi connectivity index (χ3v) is 2.95. The van der Waals surface area contributed by atoms with E-state index in [1.54, 1.807) is 0 Å². The highest BCUT2D eigenvalue weighted by atomic mass is 15.2. The van der Waals surface area contributed by atoms with Crippen LogP contribution in [0.5, 0.6) is 0 Å². The van der Waals surface area contributed by atoms with E-state index in [9.17, 15) is 0 Å². The first-order valence-electron chi connectivity index (χ1n) is 5.35. The summed E-state index contributed by atoms with van der Waals surface area (Å²) in [5, 5.41) is 0. The molecule has 14 heavy (non-hydrogen) atoms. The summed E-state index contributed by atoms with van der Waals surface area (Å²) in [6.07, 6.45) is 3.13. The molecule has 0 bridgehead atoms. The minimum absolute atomic E-state index is 0.631. The highest BCUT2D eigenvalue weighted by Gasteiger charge is 2.18. The molecule has 0 atom stereocenters. The maximum Gasteiger partial charge on any atom is 0.0576 e. The molecule has 0 aromatic carbocycles. The first-order valence-corrected chi connectivity index (χ1v) is 5.35. The fourth-order valence-electron chi connectivity index (χ4n) is 1.99. The van der Waals surface area contributed by atoms with Gasteiger partial charge in [-0.15, -0.1) is 0 Å². The standard InChI is InChI=1S/C12H18N2/c1-9(2)14-5-4-11-6-10(3)7-13-12(11)8-14/h6-7,9H,4-5,8H2,1-3H3. The Bertz CT molecular complexity index is 331. The molecule has 2 heterocycles. The maximum atomic E-state index is 4.51. The molecule has 0 aliphatic carbocycles. The molecule has 1 aromatic rings. The van der Waals surface area contributed by atoms with Gasteiger partial charge in [-0.3, -0.25) is 9.88 Å². The van der Waals surface area contributed by atoms with Crippen molar-refractivity contribution in [1.29, 1.82) is 0 Å². The van der Waals surface area contributed by atoms with Gasteiger partial charge >= 0.3 is 0 Å². The van der Waals surface area contributed by atoms with Crippen molar-refractivity contribution in [2.45, 2.75) is 39.8 Å². The molecule has 1 aliphatic heterocycles. The van der Waals surface area contributed by atoms with E-state index < -0.39 is 0 Å². The SMILES string of the molecule is Cc1cnc2c(c1)CCN(C(C)C)C2. The van der Waals surface area contributed by atoms with Crippen LogP contribution in [-0.2, 0) is 13.0 Å². The zero-order chi connectivity index (χ0) is 10.1. The molecule has 0 amide bonds. The highest BCUT2D eigenvalue weighted by molar-refractivity contribution is 5.26. The fraction of sp³-hybridized carbons (Fsp3) is 0.583. The molecule has 1 aromatic heterocycles. The van der Waals surface area contributed by atoms with E-state index in [-0.39, 0.29) is 0 Å². The van der Waals surface area contributed by atoms with Gasteiger partial charge in [0, 0.05) is 25.3 Å². The number of aryl methyl sites for hydroxylation is 1. The monoisotopic (exact) mass is 190 g/mol. The summed E-state index contributed by atoms with van der Waals surface area (Å²) in [5.74, 6) is 0. The van der Waals surface area contributed by atoms with E-state index in [0.717, 1.165) is 13.0 Å². The topological polar surface area (TPSA) is 16.1 Å². The number of nitrogens with zero attached hydrogens (tertiary/aromatic N) is 2. The molecule has 0 saturated carbocycles. The summed E-state index contributed by atoms with van der Waals surface area (Å²) in [5.41, 5.74) is 4.00. The Morgan fingerprint density at radius 3 is 2.93 bits per heavy atom. The largest absolute Gasteiger partial charge is 0.295 e. The number of hydrogen-bond donors (Lipinski definition) is 0. The second-order valence-electron chi connectivity index (χ2n) is 4.43. The molecule has 0 saturated heterocycles. The highest BCUT2D eigenvalue weighted by Crippen LogP contribution is 2.19. The van der Waals surface area contributed by atoms with E-state index in [4.69, 9.17) is 0 Å². The molecule has 2 rings (SSSR count). The lowest BCUT2D eigenvalue weighted by molar-refractivity contribution is 0.200.